The standard InChI is InChI=1S/C21H27N3O3/c1-15-4-8-18(9-5-15)23(3)20(25)14-27-21(26)17-6-10-19(11-7-17)24-16(2)12-13-22-24/h6-7,10-13,15,18H,4-5,8-9,14H2,1-3H3. The summed E-state index contributed by atoms with van der Waals surface area (Å²) < 4.78 is 7.01. The topological polar surface area (TPSA) is 64.4 Å². The Kier molecular flexibility index (Phi) is 5.94. The first-order valence-electron chi connectivity index (χ1n) is 9.49. The van der Waals surface area contributed by atoms with E-state index < -0.39 is 5.97 Å². The molecule has 1 aliphatic carbocycles. The fraction of sp³-hybridized carbons (Fsp3) is 0.476. The van der Waals surface area contributed by atoms with Gasteiger partial charge in [0.15, 0.2) is 6.61 Å². The second-order valence-electron chi connectivity index (χ2n) is 7.43. The zero-order valence-corrected chi connectivity index (χ0v) is 16.2. The van der Waals surface area contributed by atoms with Gasteiger partial charge in [-0.3, -0.25) is 4.79 Å². The molecule has 144 valence electrons. The fourth-order valence-electron chi connectivity index (χ4n) is 3.52. The third kappa shape index (κ3) is 4.56. The van der Waals surface area contributed by atoms with Crippen LogP contribution in [0.1, 0.15) is 48.7 Å². The first kappa shape index (κ1) is 19.1. The predicted molar refractivity (Wildman–Crippen MR) is 103 cm³/mol. The van der Waals surface area contributed by atoms with Gasteiger partial charge < -0.3 is 9.64 Å². The highest BCUT2D eigenvalue weighted by Gasteiger charge is 2.25. The van der Waals surface area contributed by atoms with Crippen molar-refractivity contribution < 1.29 is 14.3 Å². The number of aryl methyl sites for hydroxylation is 1. The molecule has 1 fully saturated rings. The van der Waals surface area contributed by atoms with Crippen molar-refractivity contribution in [3.05, 3.63) is 47.8 Å². The monoisotopic (exact) mass is 369 g/mol. The lowest BCUT2D eigenvalue weighted by Crippen LogP contribution is -2.41. The van der Waals surface area contributed by atoms with Crippen molar-refractivity contribution in [3.63, 3.8) is 0 Å². The molecule has 1 aromatic carbocycles. The Morgan fingerprint density at radius 3 is 2.41 bits per heavy atom. The van der Waals surface area contributed by atoms with E-state index in [-0.39, 0.29) is 18.6 Å². The van der Waals surface area contributed by atoms with Crippen molar-refractivity contribution in [2.24, 2.45) is 5.92 Å². The Bertz CT molecular complexity index is 789. The molecule has 1 aromatic heterocycles. The normalized spacial score (nSPS) is 19.5. The number of hydrogen-bond acceptors (Lipinski definition) is 4. The van der Waals surface area contributed by atoms with Gasteiger partial charge in [0.1, 0.15) is 0 Å². The quantitative estimate of drug-likeness (QED) is 0.758. The number of amides is 1. The predicted octanol–water partition coefficient (Wildman–Crippen LogP) is 3.37. The number of hydrogen-bond donors (Lipinski definition) is 0. The molecule has 0 aliphatic heterocycles. The van der Waals surface area contributed by atoms with Gasteiger partial charge in [-0.05, 0) is 68.9 Å². The SMILES string of the molecule is Cc1ccnn1-c1ccc(C(=O)OCC(=O)N(C)C2CCC(C)CC2)cc1. The van der Waals surface area contributed by atoms with Crippen molar-refractivity contribution in [1.29, 1.82) is 0 Å². The molecule has 0 radical (unpaired) electrons. The van der Waals surface area contributed by atoms with Crippen LogP contribution in [0, 0.1) is 12.8 Å². The summed E-state index contributed by atoms with van der Waals surface area (Å²) in [5, 5.41) is 4.24. The van der Waals surface area contributed by atoms with Crippen LogP contribution in [0.2, 0.25) is 0 Å². The van der Waals surface area contributed by atoms with Crippen LogP contribution in [-0.2, 0) is 9.53 Å². The lowest BCUT2D eigenvalue weighted by molar-refractivity contribution is -0.136. The largest absolute Gasteiger partial charge is 0.452 e. The molecular formula is C21H27N3O3. The smallest absolute Gasteiger partial charge is 0.338 e. The molecule has 0 N–H and O–H groups in total. The molecule has 27 heavy (non-hydrogen) atoms. The second-order valence-corrected chi connectivity index (χ2v) is 7.43. The summed E-state index contributed by atoms with van der Waals surface area (Å²) in [7, 11) is 1.80. The van der Waals surface area contributed by atoms with Crippen LogP contribution in [0.4, 0.5) is 0 Å². The number of likely N-dealkylation sites (N-methyl/N-ethyl adjacent to an activating group) is 1. The third-order valence-corrected chi connectivity index (χ3v) is 5.43. The number of esters is 1. The zero-order valence-electron chi connectivity index (χ0n) is 16.2. The molecule has 0 unspecified atom stereocenters. The third-order valence-electron chi connectivity index (χ3n) is 5.43. The highest BCUT2D eigenvalue weighted by atomic mass is 16.5. The van der Waals surface area contributed by atoms with E-state index in [4.69, 9.17) is 4.74 Å². The molecule has 3 rings (SSSR count). The maximum Gasteiger partial charge on any atom is 0.338 e. The molecule has 0 bridgehead atoms. The first-order chi connectivity index (χ1) is 13.0. The molecule has 0 saturated heterocycles. The average Bonchev–Trinajstić information content (AvgIpc) is 3.12. The van der Waals surface area contributed by atoms with Crippen LogP contribution in [0.3, 0.4) is 0 Å². The highest BCUT2D eigenvalue weighted by Crippen LogP contribution is 2.26. The van der Waals surface area contributed by atoms with E-state index in [9.17, 15) is 9.59 Å². The van der Waals surface area contributed by atoms with Gasteiger partial charge in [0.2, 0.25) is 0 Å². The van der Waals surface area contributed by atoms with Gasteiger partial charge >= 0.3 is 5.97 Å². The van der Waals surface area contributed by atoms with Crippen molar-refractivity contribution in [3.8, 4) is 5.69 Å². The minimum Gasteiger partial charge on any atom is -0.452 e. The molecule has 0 spiro atoms. The van der Waals surface area contributed by atoms with Crippen LogP contribution in [-0.4, -0.2) is 46.3 Å². The van der Waals surface area contributed by atoms with Gasteiger partial charge in [-0.1, -0.05) is 6.92 Å². The Morgan fingerprint density at radius 1 is 1.15 bits per heavy atom. The van der Waals surface area contributed by atoms with Crippen LogP contribution in [0.25, 0.3) is 5.69 Å². The van der Waals surface area contributed by atoms with Gasteiger partial charge in [0, 0.05) is 25.0 Å². The average molecular weight is 369 g/mol. The van der Waals surface area contributed by atoms with E-state index in [1.54, 1.807) is 35.0 Å². The van der Waals surface area contributed by atoms with E-state index in [1.165, 1.54) is 0 Å². The van der Waals surface area contributed by atoms with Crippen LogP contribution in [0.5, 0.6) is 0 Å². The first-order valence-corrected chi connectivity index (χ1v) is 9.49. The Balaban J connectivity index is 1.53. The molecule has 1 saturated carbocycles. The minimum absolute atomic E-state index is 0.147. The van der Waals surface area contributed by atoms with Crippen LogP contribution >= 0.6 is 0 Å². The number of ether oxygens (including phenoxy) is 1. The molecule has 6 heteroatoms. The summed E-state index contributed by atoms with van der Waals surface area (Å²) in [5.41, 5.74) is 2.30. The van der Waals surface area contributed by atoms with Crippen molar-refractivity contribution in [1.82, 2.24) is 14.7 Å². The molecule has 0 atom stereocenters. The lowest BCUT2D eigenvalue weighted by Gasteiger charge is -2.33. The Hall–Kier alpha value is -2.63. The number of benzene rings is 1. The summed E-state index contributed by atoms with van der Waals surface area (Å²) >= 11 is 0. The van der Waals surface area contributed by atoms with Gasteiger partial charge in [-0.15, -0.1) is 0 Å². The second kappa shape index (κ2) is 8.37. The summed E-state index contributed by atoms with van der Waals surface area (Å²) in [5.74, 6) is 0.0977. The number of carbonyl (C=O) groups excluding carboxylic acids is 2. The van der Waals surface area contributed by atoms with Crippen molar-refractivity contribution in [2.75, 3.05) is 13.7 Å². The Morgan fingerprint density at radius 2 is 1.81 bits per heavy atom. The van der Waals surface area contributed by atoms with E-state index >= 15 is 0 Å². The van der Waals surface area contributed by atoms with Gasteiger partial charge in [0.05, 0.1) is 11.3 Å². The van der Waals surface area contributed by atoms with Crippen LogP contribution in [0.15, 0.2) is 36.5 Å². The van der Waals surface area contributed by atoms with E-state index in [2.05, 4.69) is 12.0 Å². The summed E-state index contributed by atoms with van der Waals surface area (Å²) in [6.07, 6.45) is 6.05. The van der Waals surface area contributed by atoms with Gasteiger partial charge in [0.25, 0.3) is 5.91 Å². The molecule has 1 aliphatic rings. The van der Waals surface area contributed by atoms with E-state index in [0.29, 0.717) is 5.56 Å². The fourth-order valence-corrected chi connectivity index (χ4v) is 3.52. The van der Waals surface area contributed by atoms with Crippen molar-refractivity contribution in [2.45, 2.75) is 45.6 Å². The van der Waals surface area contributed by atoms with E-state index in [1.807, 2.05) is 25.1 Å². The van der Waals surface area contributed by atoms with Gasteiger partial charge in [-0.25, -0.2) is 9.48 Å². The molecule has 2 aromatic rings. The summed E-state index contributed by atoms with van der Waals surface area (Å²) in [4.78, 5) is 26.3. The molecule has 6 nitrogen and oxygen atoms in total. The number of nitrogens with zero attached hydrogens (tertiary/aromatic N) is 3. The molecule has 1 heterocycles. The summed E-state index contributed by atoms with van der Waals surface area (Å²) in [6.45, 7) is 3.99. The van der Waals surface area contributed by atoms with Gasteiger partial charge in [-0.2, -0.15) is 5.10 Å². The Labute approximate surface area is 160 Å². The minimum atomic E-state index is -0.488. The number of rotatable bonds is 5. The highest BCUT2D eigenvalue weighted by molar-refractivity contribution is 5.91. The van der Waals surface area contributed by atoms with Crippen molar-refractivity contribution >= 4 is 11.9 Å². The lowest BCUT2D eigenvalue weighted by atomic mass is 9.87. The summed E-state index contributed by atoms with van der Waals surface area (Å²) in [6, 6.07) is 9.17. The maximum atomic E-state index is 12.3. The van der Waals surface area contributed by atoms with Crippen LogP contribution < -0.4 is 0 Å². The number of aromatic nitrogens is 2. The maximum absolute atomic E-state index is 12.3. The molecule has 1 amide bonds. The number of carbonyl (C=O) groups is 2. The zero-order chi connectivity index (χ0) is 19.4. The molecular weight excluding hydrogens is 342 g/mol. The van der Waals surface area contributed by atoms with E-state index in [0.717, 1.165) is 43.0 Å².